The summed E-state index contributed by atoms with van der Waals surface area (Å²) in [6, 6.07) is 0. The van der Waals surface area contributed by atoms with Crippen molar-refractivity contribution >= 4 is 11.8 Å². The average Bonchev–Trinajstić information content (AvgIpc) is 2.16. The van der Waals surface area contributed by atoms with Crippen LogP contribution in [-0.4, -0.2) is 44.5 Å². The largest absolute Gasteiger partial charge is 0.384 e. The number of hydrogen-bond acceptors (Lipinski definition) is 4. The molecule has 3 nitrogen and oxygen atoms in total. The van der Waals surface area contributed by atoms with E-state index in [1.807, 2.05) is 18.7 Å². The summed E-state index contributed by atoms with van der Waals surface area (Å²) in [6.45, 7) is 4.20. The van der Waals surface area contributed by atoms with Gasteiger partial charge in [0.15, 0.2) is 0 Å². The second kappa shape index (κ2) is 10.3. The average molecular weight is 207 g/mol. The van der Waals surface area contributed by atoms with Crippen LogP contribution in [0.5, 0.6) is 0 Å². The van der Waals surface area contributed by atoms with Gasteiger partial charge in [0.2, 0.25) is 0 Å². The quantitative estimate of drug-likeness (QED) is 0.575. The van der Waals surface area contributed by atoms with Gasteiger partial charge in [-0.1, -0.05) is 0 Å². The van der Waals surface area contributed by atoms with Gasteiger partial charge in [0.05, 0.1) is 12.7 Å². The molecule has 0 rings (SSSR count). The van der Waals surface area contributed by atoms with Crippen LogP contribution in [0, 0.1) is 0 Å². The van der Waals surface area contributed by atoms with Gasteiger partial charge in [-0.2, -0.15) is 11.8 Å². The number of rotatable bonds is 9. The zero-order valence-electron chi connectivity index (χ0n) is 8.62. The number of thioether (sulfide) groups is 1. The maximum Gasteiger partial charge on any atom is 0.0705 e. The molecule has 0 fully saturated rings. The molecule has 1 atom stereocenters. The van der Waals surface area contributed by atoms with Crippen LogP contribution in [0.2, 0.25) is 0 Å². The molecule has 2 N–H and O–H groups in total. The molecule has 0 aliphatic carbocycles. The lowest BCUT2D eigenvalue weighted by molar-refractivity contribution is 0.0674. The summed E-state index contributed by atoms with van der Waals surface area (Å²) in [5.74, 6) is 2.16. The second-order valence-electron chi connectivity index (χ2n) is 2.71. The lowest BCUT2D eigenvalue weighted by Gasteiger charge is -2.13. The fraction of sp³-hybridized carbons (Fsp3) is 1.00. The molecule has 0 aromatic heterocycles. The van der Waals surface area contributed by atoms with Crippen molar-refractivity contribution in [1.29, 1.82) is 0 Å². The summed E-state index contributed by atoms with van der Waals surface area (Å²) < 4.78 is 10.4. The molecule has 80 valence electrons. The second-order valence-corrected chi connectivity index (χ2v) is 3.93. The topological polar surface area (TPSA) is 44.5 Å². The third kappa shape index (κ3) is 8.56. The number of nitrogens with two attached hydrogens (primary N) is 1. The van der Waals surface area contributed by atoms with Gasteiger partial charge in [-0.25, -0.2) is 0 Å². The fourth-order valence-electron chi connectivity index (χ4n) is 0.964. The first-order valence-electron chi connectivity index (χ1n) is 4.73. The SMILES string of the molecule is CCOC(CN)CCSCCOC. The van der Waals surface area contributed by atoms with Crippen LogP contribution in [0.3, 0.4) is 0 Å². The van der Waals surface area contributed by atoms with Crippen molar-refractivity contribution in [2.24, 2.45) is 5.73 Å². The molecule has 0 aromatic carbocycles. The molecule has 4 heteroatoms. The highest BCUT2D eigenvalue weighted by Gasteiger charge is 2.04. The van der Waals surface area contributed by atoms with Crippen molar-refractivity contribution in [2.75, 3.05) is 38.4 Å². The molecular formula is C9H21NO2S. The van der Waals surface area contributed by atoms with Gasteiger partial charge in [-0.3, -0.25) is 0 Å². The molecule has 0 aliphatic rings. The van der Waals surface area contributed by atoms with Crippen molar-refractivity contribution < 1.29 is 9.47 Å². The standard InChI is InChI=1S/C9H21NO2S/c1-3-12-9(8-10)4-6-13-7-5-11-2/h9H,3-8,10H2,1-2H3. The summed E-state index contributed by atoms with van der Waals surface area (Å²) in [7, 11) is 1.73. The Bertz CT molecular complexity index is 104. The van der Waals surface area contributed by atoms with E-state index >= 15 is 0 Å². The first-order chi connectivity index (χ1) is 6.35. The van der Waals surface area contributed by atoms with Gasteiger partial charge in [0.1, 0.15) is 0 Å². The minimum absolute atomic E-state index is 0.236. The van der Waals surface area contributed by atoms with E-state index in [9.17, 15) is 0 Å². The summed E-state index contributed by atoms with van der Waals surface area (Å²) in [4.78, 5) is 0. The van der Waals surface area contributed by atoms with E-state index in [1.54, 1.807) is 7.11 Å². The Morgan fingerprint density at radius 2 is 2.15 bits per heavy atom. The lowest BCUT2D eigenvalue weighted by Crippen LogP contribution is -2.24. The highest BCUT2D eigenvalue weighted by Crippen LogP contribution is 2.06. The van der Waals surface area contributed by atoms with E-state index in [2.05, 4.69) is 0 Å². The molecule has 0 saturated carbocycles. The van der Waals surface area contributed by atoms with E-state index in [-0.39, 0.29) is 6.10 Å². The van der Waals surface area contributed by atoms with Crippen molar-refractivity contribution in [2.45, 2.75) is 19.4 Å². The number of hydrogen-bond donors (Lipinski definition) is 1. The zero-order valence-corrected chi connectivity index (χ0v) is 9.44. The van der Waals surface area contributed by atoms with Gasteiger partial charge in [0.25, 0.3) is 0 Å². The van der Waals surface area contributed by atoms with Gasteiger partial charge in [0, 0.05) is 26.0 Å². The maximum absolute atomic E-state index is 5.54. The predicted molar refractivity (Wildman–Crippen MR) is 58.3 cm³/mol. The summed E-state index contributed by atoms with van der Waals surface area (Å²) in [5.41, 5.74) is 5.54. The molecule has 0 amide bonds. The summed E-state index contributed by atoms with van der Waals surface area (Å²) in [5, 5.41) is 0. The van der Waals surface area contributed by atoms with Crippen molar-refractivity contribution in [3.8, 4) is 0 Å². The minimum Gasteiger partial charge on any atom is -0.384 e. The van der Waals surface area contributed by atoms with E-state index in [0.29, 0.717) is 6.54 Å². The van der Waals surface area contributed by atoms with Crippen LogP contribution < -0.4 is 5.73 Å². The van der Waals surface area contributed by atoms with Crippen LogP contribution in [0.15, 0.2) is 0 Å². The Morgan fingerprint density at radius 3 is 2.69 bits per heavy atom. The first kappa shape index (κ1) is 13.2. The molecule has 0 saturated heterocycles. The smallest absolute Gasteiger partial charge is 0.0705 e. The predicted octanol–water partition coefficient (Wildman–Crippen LogP) is 1.12. The Labute approximate surface area is 85.3 Å². The Kier molecular flexibility index (Phi) is 10.5. The number of ether oxygens (including phenoxy) is 2. The van der Waals surface area contributed by atoms with Crippen LogP contribution in [0.4, 0.5) is 0 Å². The first-order valence-corrected chi connectivity index (χ1v) is 5.89. The third-order valence-corrected chi connectivity index (χ3v) is 2.66. The molecule has 0 spiro atoms. The van der Waals surface area contributed by atoms with E-state index in [0.717, 1.165) is 31.1 Å². The molecule has 0 aliphatic heterocycles. The minimum atomic E-state index is 0.236. The molecule has 0 radical (unpaired) electrons. The Hall–Kier alpha value is 0.230. The molecular weight excluding hydrogens is 186 g/mol. The summed E-state index contributed by atoms with van der Waals surface area (Å²) >= 11 is 1.89. The van der Waals surface area contributed by atoms with Crippen molar-refractivity contribution in [3.05, 3.63) is 0 Å². The van der Waals surface area contributed by atoms with Crippen LogP contribution in [-0.2, 0) is 9.47 Å². The Morgan fingerprint density at radius 1 is 1.38 bits per heavy atom. The molecule has 0 bridgehead atoms. The molecule has 0 aromatic rings. The maximum atomic E-state index is 5.54. The van der Waals surface area contributed by atoms with Gasteiger partial charge < -0.3 is 15.2 Å². The lowest BCUT2D eigenvalue weighted by atomic mass is 10.3. The Balaban J connectivity index is 3.17. The van der Waals surface area contributed by atoms with Gasteiger partial charge >= 0.3 is 0 Å². The van der Waals surface area contributed by atoms with Crippen LogP contribution >= 0.6 is 11.8 Å². The number of methoxy groups -OCH3 is 1. The van der Waals surface area contributed by atoms with E-state index in [4.69, 9.17) is 15.2 Å². The molecule has 0 heterocycles. The van der Waals surface area contributed by atoms with Crippen LogP contribution in [0.25, 0.3) is 0 Å². The highest BCUT2D eigenvalue weighted by atomic mass is 32.2. The monoisotopic (exact) mass is 207 g/mol. The van der Waals surface area contributed by atoms with Crippen LogP contribution in [0.1, 0.15) is 13.3 Å². The van der Waals surface area contributed by atoms with Crippen molar-refractivity contribution in [1.82, 2.24) is 0 Å². The normalized spacial score (nSPS) is 13.2. The summed E-state index contributed by atoms with van der Waals surface area (Å²) in [6.07, 6.45) is 1.28. The highest BCUT2D eigenvalue weighted by molar-refractivity contribution is 7.99. The zero-order chi connectivity index (χ0) is 9.94. The van der Waals surface area contributed by atoms with Crippen molar-refractivity contribution in [3.63, 3.8) is 0 Å². The molecule has 13 heavy (non-hydrogen) atoms. The third-order valence-electron chi connectivity index (χ3n) is 1.68. The van der Waals surface area contributed by atoms with E-state index in [1.165, 1.54) is 0 Å². The van der Waals surface area contributed by atoms with E-state index < -0.39 is 0 Å². The van der Waals surface area contributed by atoms with Gasteiger partial charge in [-0.05, 0) is 19.1 Å². The molecule has 1 unspecified atom stereocenters. The fourth-order valence-corrected chi connectivity index (χ4v) is 1.88. The van der Waals surface area contributed by atoms with Gasteiger partial charge in [-0.15, -0.1) is 0 Å².